The number of allylic oxidation sites excluding steroid dienone is 2. The molecule has 0 atom stereocenters. The average molecular weight is 1240 g/mol. The fourth-order valence-corrected chi connectivity index (χ4v) is 10.8. The van der Waals surface area contributed by atoms with Crippen LogP contribution in [-0.2, 0) is 80.0 Å². The van der Waals surface area contributed by atoms with Gasteiger partial charge < -0.3 is 45.9 Å². The van der Waals surface area contributed by atoms with Crippen molar-refractivity contribution < 1.29 is 51.1 Å². The maximum Gasteiger partial charge on any atom is 2.00 e. The van der Waals surface area contributed by atoms with Crippen LogP contribution < -0.4 is 30.6 Å². The number of fused-ring (bicyclic) bond motifs is 19. The molecule has 27 heteroatoms. The van der Waals surface area contributed by atoms with Crippen molar-refractivity contribution in [1.29, 1.82) is 0 Å². The van der Waals surface area contributed by atoms with Gasteiger partial charge in [-0.2, -0.15) is 23.4 Å². The molecular formula is C56H69CuN15O8S3. The molecule has 7 aromatic rings. The predicted octanol–water partition coefficient (Wildman–Crippen LogP) is 9.09. The minimum atomic E-state index is -4.37. The molecule has 83 heavy (non-hydrogen) atoms. The number of anilines is 4. The largest absolute Gasteiger partial charge is 2.00 e. The van der Waals surface area contributed by atoms with Gasteiger partial charge in [0.05, 0.1) is 34.4 Å². The van der Waals surface area contributed by atoms with Crippen LogP contribution in [0.2, 0.25) is 0 Å². The first-order chi connectivity index (χ1) is 38.1. The van der Waals surface area contributed by atoms with E-state index in [1.807, 2.05) is 56.3 Å². The van der Waals surface area contributed by atoms with Crippen LogP contribution in [0.15, 0.2) is 83.8 Å². The average Bonchev–Trinajstić information content (AvgIpc) is 2.95. The van der Waals surface area contributed by atoms with Gasteiger partial charge in [-0.25, -0.2) is 23.1 Å². The van der Waals surface area contributed by atoms with E-state index in [0.29, 0.717) is 23.9 Å². The van der Waals surface area contributed by atoms with Gasteiger partial charge in [0.15, 0.2) is 0 Å². The summed E-state index contributed by atoms with van der Waals surface area (Å²) in [6.07, 6.45) is 13.8. The van der Waals surface area contributed by atoms with Gasteiger partial charge in [-0.1, -0.05) is 96.8 Å². The van der Waals surface area contributed by atoms with Crippen molar-refractivity contribution in [2.75, 3.05) is 35.3 Å². The Morgan fingerprint density at radius 2 is 0.940 bits per heavy atom. The topological polar surface area (TPSA) is 332 Å². The molecule has 445 valence electrons. The molecule has 0 amide bonds. The number of benzene rings is 3. The standard InChI is InChI=1S/C32H28N8.C19H23N7O5S2.C2H6.3CH4.Cu.O3S/c1-2-10-18-17(9-1)25-33-26(18)38-28-21-13-5-6-14-22(21)30(35-28)40-32-24-16-8-7-15-23(24)31(36-32)39-29-20-12-4-3-11-19(20)27(34-29)37-25;1-32(27,28)22-11-10-20-17-24-18(21-13-14-6-3-2-4-7-14)26-19(25-17)23-15-8-5-9-16(12-15)33(29,30)31;1-2;;;;;1-4(2)3/h1-2,9-10H,3-8,11-16H2;2-9,12,22H,10-11,13H2,1H3,(H,29,30,31)(H3,20,21,23,24,25,26);1-2H3;3*1H4;;/q-2;;;;;;+2;. The number of nitrogens with one attached hydrogen (secondary N) is 4. The Balaban J connectivity index is 0.000000271. The first kappa shape index (κ1) is 66.4. The molecule has 23 nitrogen and oxygen atoms in total. The Hall–Kier alpha value is -7.39. The zero-order chi connectivity index (χ0) is 55.7. The Bertz CT molecular complexity index is 3840. The number of rotatable bonds is 11. The third-order valence-electron chi connectivity index (χ3n) is 13.2. The van der Waals surface area contributed by atoms with Crippen molar-refractivity contribution in [2.24, 2.45) is 0 Å². The summed E-state index contributed by atoms with van der Waals surface area (Å²) in [6, 6.07) is 23.3. The van der Waals surface area contributed by atoms with Crippen LogP contribution >= 0.6 is 0 Å². The first-order valence-corrected chi connectivity index (χ1v) is 30.3. The van der Waals surface area contributed by atoms with E-state index in [-0.39, 0.29) is 75.2 Å². The van der Waals surface area contributed by atoms with Crippen LogP contribution in [0.3, 0.4) is 0 Å². The van der Waals surface area contributed by atoms with Crippen molar-refractivity contribution >= 4 is 88.0 Å². The molecule has 0 fully saturated rings. The van der Waals surface area contributed by atoms with Crippen LogP contribution in [0.25, 0.3) is 56.5 Å². The molecule has 1 radical (unpaired) electrons. The molecule has 0 saturated heterocycles. The quantitative estimate of drug-likeness (QED) is 0.0458. The maximum atomic E-state index is 11.4. The Morgan fingerprint density at radius 3 is 1.41 bits per heavy atom. The van der Waals surface area contributed by atoms with E-state index >= 15 is 0 Å². The molecule has 8 bridgehead atoms. The molecule has 12 rings (SSSR count). The molecular weight excluding hydrogens is 1170 g/mol. The summed E-state index contributed by atoms with van der Waals surface area (Å²) < 4.78 is 82.2. The third kappa shape index (κ3) is 16.7. The van der Waals surface area contributed by atoms with Crippen LogP contribution in [0.5, 0.6) is 0 Å². The second kappa shape index (κ2) is 29.7. The number of nitrogens with zero attached hydrogens (tertiary/aromatic N) is 11. The summed E-state index contributed by atoms with van der Waals surface area (Å²) in [7, 11) is -10.8. The van der Waals surface area contributed by atoms with Crippen molar-refractivity contribution in [1.82, 2.24) is 59.5 Å². The van der Waals surface area contributed by atoms with E-state index in [1.54, 1.807) is 6.07 Å². The Labute approximate surface area is 496 Å². The summed E-state index contributed by atoms with van der Waals surface area (Å²) in [6.45, 7) is 4.78. The summed E-state index contributed by atoms with van der Waals surface area (Å²) in [5.74, 6) is 3.40. The van der Waals surface area contributed by atoms with Crippen molar-refractivity contribution in [3.8, 4) is 22.8 Å². The maximum absolute atomic E-state index is 11.4. The fraction of sp³-hybridized carbons (Fsp3) is 0.375. The molecule has 3 aliphatic carbocycles. The van der Waals surface area contributed by atoms with Gasteiger partial charge in [0.1, 0.15) is 0 Å². The molecule has 5 N–H and O–H groups in total. The molecule has 3 aromatic carbocycles. The number of aryl methyl sites for hydroxylation is 4. The molecule has 6 heterocycles. The van der Waals surface area contributed by atoms with Crippen LogP contribution in [0.4, 0.5) is 23.5 Å². The van der Waals surface area contributed by atoms with E-state index in [2.05, 4.69) is 47.8 Å². The predicted molar refractivity (Wildman–Crippen MR) is 319 cm³/mol. The van der Waals surface area contributed by atoms with E-state index < -0.39 is 30.8 Å². The number of sulfonamides is 1. The van der Waals surface area contributed by atoms with Gasteiger partial charge in [-0.3, -0.25) is 4.55 Å². The van der Waals surface area contributed by atoms with Gasteiger partial charge >= 0.3 is 27.7 Å². The Kier molecular flexibility index (Phi) is 23.8. The van der Waals surface area contributed by atoms with Crippen molar-refractivity contribution in [3.05, 3.63) is 118 Å². The van der Waals surface area contributed by atoms with E-state index in [4.69, 9.17) is 52.5 Å². The SMILES string of the molecule is C.C.C.CC.CS(=O)(=O)NCCNc1nc(NCc2ccccc2)nc(Nc2cccc(S(=O)(=O)O)c2)n1.O=S(=O)=O.[Cu+2].c1ccc2c(c1)-c1nc-2nc2[n-]c(nc3nc(nc4[n-]c(n1)c1c4CCCC1)C1=C3CCCC1)c1c2CCCC1. The first-order valence-electron chi connectivity index (χ1n) is 25.9. The minimum absolute atomic E-state index is 0. The summed E-state index contributed by atoms with van der Waals surface area (Å²) >= 11 is 0. The smallest absolute Gasteiger partial charge is 0.358 e. The summed E-state index contributed by atoms with van der Waals surface area (Å²) in [4.78, 5) is 53.1. The van der Waals surface area contributed by atoms with Gasteiger partial charge in [0.25, 0.3) is 10.1 Å². The van der Waals surface area contributed by atoms with E-state index in [0.717, 1.165) is 134 Å². The molecule has 4 aromatic heterocycles. The monoisotopic (exact) mass is 1240 g/mol. The Morgan fingerprint density at radius 1 is 0.518 bits per heavy atom. The summed E-state index contributed by atoms with van der Waals surface area (Å²) in [5.41, 5.74) is 13.6. The summed E-state index contributed by atoms with van der Waals surface area (Å²) in [5, 5.41) is 8.88. The number of aromatic nitrogens is 11. The second-order valence-corrected chi connectivity index (χ2v) is 22.3. The van der Waals surface area contributed by atoms with Gasteiger partial charge in [-0.05, 0) is 134 Å². The molecule has 2 aliphatic heterocycles. The zero-order valence-corrected chi connectivity index (χ0v) is 47.3. The molecule has 0 spiro atoms. The molecule has 0 saturated carbocycles. The van der Waals surface area contributed by atoms with Gasteiger partial charge in [0, 0.05) is 59.0 Å². The molecule has 0 unspecified atom stereocenters. The van der Waals surface area contributed by atoms with Crippen LogP contribution in [-0.4, -0.2) is 98.2 Å². The normalized spacial score (nSPS) is 13.5. The minimum Gasteiger partial charge on any atom is -0.358 e. The van der Waals surface area contributed by atoms with Crippen molar-refractivity contribution in [3.63, 3.8) is 0 Å². The third-order valence-corrected chi connectivity index (χ3v) is 14.8. The van der Waals surface area contributed by atoms with E-state index in [9.17, 15) is 21.4 Å². The fourth-order valence-electron chi connectivity index (χ4n) is 9.76. The molecule has 5 aliphatic rings. The van der Waals surface area contributed by atoms with Crippen LogP contribution in [0, 0.1) is 0 Å². The van der Waals surface area contributed by atoms with Crippen LogP contribution in [0.1, 0.15) is 127 Å². The van der Waals surface area contributed by atoms with E-state index in [1.165, 1.54) is 51.6 Å². The second-order valence-electron chi connectivity index (χ2n) is 18.6. The number of hydrogen-bond donors (Lipinski definition) is 5. The number of hydrogen-bond acceptors (Lipinski definition) is 19. The van der Waals surface area contributed by atoms with Gasteiger partial charge in [-0.15, -0.1) is 12.6 Å². The zero-order valence-electron chi connectivity index (χ0n) is 43.9. The van der Waals surface area contributed by atoms with Crippen molar-refractivity contribution in [2.45, 2.75) is 125 Å². The van der Waals surface area contributed by atoms with Gasteiger partial charge in [0.2, 0.25) is 27.9 Å².